The highest BCUT2D eigenvalue weighted by molar-refractivity contribution is 6.30. The lowest BCUT2D eigenvalue weighted by Crippen LogP contribution is -2.18. The van der Waals surface area contributed by atoms with Gasteiger partial charge in [-0.25, -0.2) is 0 Å². The zero-order valence-corrected chi connectivity index (χ0v) is 18.6. The van der Waals surface area contributed by atoms with Crippen molar-refractivity contribution >= 4 is 56.7 Å². The Hall–Kier alpha value is -4.36. The van der Waals surface area contributed by atoms with E-state index in [0.29, 0.717) is 32.6 Å². The van der Waals surface area contributed by atoms with Gasteiger partial charge in [0.1, 0.15) is 16.9 Å². The molecule has 0 radical (unpaired) electrons. The maximum Gasteiger partial charge on any atom is 0.293 e. The summed E-state index contributed by atoms with van der Waals surface area (Å²) < 4.78 is 11.4. The summed E-state index contributed by atoms with van der Waals surface area (Å²) in [5.41, 5.74) is 1.93. The van der Waals surface area contributed by atoms with E-state index in [4.69, 9.17) is 20.4 Å². The van der Waals surface area contributed by atoms with Crippen LogP contribution in [0.4, 0.5) is 11.4 Å². The smallest absolute Gasteiger partial charge is 0.293 e. The lowest BCUT2D eigenvalue weighted by molar-refractivity contribution is 0.0996. The van der Waals surface area contributed by atoms with Crippen molar-refractivity contribution in [2.45, 2.75) is 6.92 Å². The van der Waals surface area contributed by atoms with Gasteiger partial charge in [0.05, 0.1) is 5.39 Å². The molecule has 5 aromatic rings. The third kappa shape index (κ3) is 4.04. The molecule has 8 heteroatoms. The van der Waals surface area contributed by atoms with E-state index in [-0.39, 0.29) is 22.6 Å². The lowest BCUT2D eigenvalue weighted by Gasteiger charge is -2.08. The Bertz CT molecular complexity index is 1630. The number of rotatable bonds is 4. The van der Waals surface area contributed by atoms with Crippen molar-refractivity contribution in [3.8, 4) is 0 Å². The number of halogens is 1. The van der Waals surface area contributed by atoms with E-state index in [9.17, 15) is 14.4 Å². The lowest BCUT2D eigenvalue weighted by atomic mass is 10.1. The Balaban J connectivity index is 1.52. The molecule has 2 amide bonds. The van der Waals surface area contributed by atoms with E-state index in [1.165, 1.54) is 0 Å². The Kier molecular flexibility index (Phi) is 5.39. The van der Waals surface area contributed by atoms with Crippen LogP contribution in [0, 0.1) is 6.92 Å². The Morgan fingerprint density at radius 2 is 1.53 bits per heavy atom. The number of aryl methyl sites for hydroxylation is 1. The van der Waals surface area contributed by atoms with Crippen molar-refractivity contribution in [3.05, 3.63) is 105 Å². The quantitative estimate of drug-likeness (QED) is 0.333. The standard InChI is InChI=1S/C26H17ClN2O5/c1-14-6-11-21-18(12-14)19(30)13-22(33-21)25(31)29-23-17-4-2-3-5-20(17)34-24(23)26(32)28-16-9-7-15(27)8-10-16/h2-13H,1H3,(H,28,32)(H,29,31). The highest BCUT2D eigenvalue weighted by atomic mass is 35.5. The zero-order chi connectivity index (χ0) is 23.8. The molecule has 0 unspecified atom stereocenters. The van der Waals surface area contributed by atoms with Crippen molar-refractivity contribution in [1.82, 2.24) is 0 Å². The summed E-state index contributed by atoms with van der Waals surface area (Å²) in [6.07, 6.45) is 0. The first-order valence-electron chi connectivity index (χ1n) is 10.3. The Morgan fingerprint density at radius 3 is 2.32 bits per heavy atom. The first kappa shape index (κ1) is 21.5. The van der Waals surface area contributed by atoms with Crippen LogP contribution in [0.1, 0.15) is 26.7 Å². The Morgan fingerprint density at radius 1 is 0.794 bits per heavy atom. The maximum atomic E-state index is 13.1. The number of hydrogen-bond donors (Lipinski definition) is 2. The van der Waals surface area contributed by atoms with Gasteiger partial charge >= 0.3 is 0 Å². The van der Waals surface area contributed by atoms with Gasteiger partial charge in [0.15, 0.2) is 11.2 Å². The fraction of sp³-hybridized carbons (Fsp3) is 0.0385. The Labute approximate surface area is 197 Å². The zero-order valence-electron chi connectivity index (χ0n) is 17.8. The average Bonchev–Trinajstić information content (AvgIpc) is 3.19. The molecule has 0 fully saturated rings. The molecule has 0 bridgehead atoms. The van der Waals surface area contributed by atoms with Crippen molar-refractivity contribution in [2.24, 2.45) is 0 Å². The van der Waals surface area contributed by atoms with Crippen LogP contribution >= 0.6 is 11.6 Å². The molecule has 2 heterocycles. The number of nitrogens with one attached hydrogen (secondary N) is 2. The number of furan rings is 1. The molecular formula is C26H17ClN2O5. The average molecular weight is 473 g/mol. The molecule has 2 N–H and O–H groups in total. The number of carbonyl (C=O) groups excluding carboxylic acids is 2. The monoisotopic (exact) mass is 472 g/mol. The minimum absolute atomic E-state index is 0.0942. The highest BCUT2D eigenvalue weighted by Crippen LogP contribution is 2.32. The first-order chi connectivity index (χ1) is 16.4. The summed E-state index contributed by atoms with van der Waals surface area (Å²) in [4.78, 5) is 38.6. The van der Waals surface area contributed by atoms with E-state index in [0.717, 1.165) is 11.6 Å². The highest BCUT2D eigenvalue weighted by Gasteiger charge is 2.24. The number of para-hydroxylation sites is 1. The predicted molar refractivity (Wildman–Crippen MR) is 131 cm³/mol. The number of amides is 2. The van der Waals surface area contributed by atoms with Gasteiger partial charge < -0.3 is 19.5 Å². The van der Waals surface area contributed by atoms with Crippen molar-refractivity contribution in [1.29, 1.82) is 0 Å². The molecule has 168 valence electrons. The summed E-state index contributed by atoms with van der Waals surface area (Å²) in [6.45, 7) is 1.86. The second-order valence-corrected chi connectivity index (χ2v) is 8.13. The van der Waals surface area contributed by atoms with Crippen molar-refractivity contribution in [2.75, 3.05) is 10.6 Å². The molecule has 0 aliphatic rings. The van der Waals surface area contributed by atoms with E-state index in [2.05, 4.69) is 10.6 Å². The van der Waals surface area contributed by atoms with Crippen LogP contribution in [0.2, 0.25) is 5.02 Å². The third-order valence-electron chi connectivity index (χ3n) is 5.25. The SMILES string of the molecule is Cc1ccc2oc(C(=O)Nc3c(C(=O)Nc4ccc(Cl)cc4)oc4ccccc34)cc(=O)c2c1. The molecule has 0 atom stereocenters. The van der Waals surface area contributed by atoms with Crippen LogP contribution in [0.15, 0.2) is 86.4 Å². The molecular weight excluding hydrogens is 456 g/mol. The van der Waals surface area contributed by atoms with Crippen LogP contribution in [0.3, 0.4) is 0 Å². The fourth-order valence-electron chi connectivity index (χ4n) is 3.61. The number of hydrogen-bond acceptors (Lipinski definition) is 5. The normalized spacial score (nSPS) is 11.0. The van der Waals surface area contributed by atoms with Crippen molar-refractivity contribution in [3.63, 3.8) is 0 Å². The molecule has 7 nitrogen and oxygen atoms in total. The predicted octanol–water partition coefficient (Wildman–Crippen LogP) is 6.01. The van der Waals surface area contributed by atoms with Gasteiger partial charge in [-0.05, 0) is 55.5 Å². The molecule has 3 aromatic carbocycles. The van der Waals surface area contributed by atoms with Crippen molar-refractivity contribution < 1.29 is 18.4 Å². The van der Waals surface area contributed by atoms with E-state index < -0.39 is 11.8 Å². The first-order valence-corrected chi connectivity index (χ1v) is 10.7. The number of carbonyl (C=O) groups is 2. The molecule has 5 rings (SSSR count). The van der Waals surface area contributed by atoms with E-state index >= 15 is 0 Å². The molecule has 0 aliphatic carbocycles. The third-order valence-corrected chi connectivity index (χ3v) is 5.50. The summed E-state index contributed by atoms with van der Waals surface area (Å²) >= 11 is 5.90. The molecule has 0 saturated carbocycles. The second-order valence-electron chi connectivity index (χ2n) is 7.69. The summed E-state index contributed by atoms with van der Waals surface area (Å²) in [5, 5.41) is 6.84. The van der Waals surface area contributed by atoms with Crippen LogP contribution in [-0.2, 0) is 0 Å². The van der Waals surface area contributed by atoms with Crippen LogP contribution in [-0.4, -0.2) is 11.8 Å². The molecule has 2 aromatic heterocycles. The van der Waals surface area contributed by atoms with Gasteiger partial charge in [0.2, 0.25) is 5.76 Å². The number of anilines is 2. The van der Waals surface area contributed by atoms with Gasteiger partial charge in [0, 0.05) is 22.2 Å². The largest absolute Gasteiger partial charge is 0.451 e. The minimum atomic E-state index is -0.688. The number of benzene rings is 3. The van der Waals surface area contributed by atoms with Gasteiger partial charge in [0.25, 0.3) is 11.8 Å². The van der Waals surface area contributed by atoms with Gasteiger partial charge in [-0.1, -0.05) is 35.4 Å². The molecule has 0 aliphatic heterocycles. The van der Waals surface area contributed by atoms with E-state index in [1.807, 2.05) is 6.92 Å². The van der Waals surface area contributed by atoms with Gasteiger partial charge in [-0.3, -0.25) is 14.4 Å². The molecule has 34 heavy (non-hydrogen) atoms. The molecule has 0 saturated heterocycles. The summed E-state index contributed by atoms with van der Waals surface area (Å²) in [5.74, 6) is -1.53. The van der Waals surface area contributed by atoms with Crippen LogP contribution in [0.25, 0.3) is 21.9 Å². The van der Waals surface area contributed by atoms with Crippen LogP contribution < -0.4 is 16.1 Å². The maximum absolute atomic E-state index is 13.1. The topological polar surface area (TPSA) is 102 Å². The summed E-state index contributed by atoms with van der Waals surface area (Å²) in [6, 6.07) is 19.7. The molecule has 0 spiro atoms. The van der Waals surface area contributed by atoms with Crippen LogP contribution in [0.5, 0.6) is 0 Å². The van der Waals surface area contributed by atoms with Gasteiger partial charge in [-0.2, -0.15) is 0 Å². The second kappa shape index (κ2) is 8.53. The van der Waals surface area contributed by atoms with E-state index in [1.54, 1.807) is 66.7 Å². The minimum Gasteiger partial charge on any atom is -0.451 e. The summed E-state index contributed by atoms with van der Waals surface area (Å²) in [7, 11) is 0. The fourth-order valence-corrected chi connectivity index (χ4v) is 3.73. The van der Waals surface area contributed by atoms with Gasteiger partial charge in [-0.15, -0.1) is 0 Å². The number of fused-ring (bicyclic) bond motifs is 2.